The molecule has 90 heavy (non-hydrogen) atoms. The molecule has 512 valence electrons. The van der Waals surface area contributed by atoms with Gasteiger partial charge in [-0.2, -0.15) is 0 Å². The summed E-state index contributed by atoms with van der Waals surface area (Å²) in [5.41, 5.74) is 2.44. The molecule has 0 saturated carbocycles. The number of carboxylic acid groups (broad SMARTS) is 8. The van der Waals surface area contributed by atoms with Gasteiger partial charge in [0.05, 0.1) is 0 Å². The molecule has 0 bridgehead atoms. The van der Waals surface area contributed by atoms with Crippen LogP contribution in [0.3, 0.4) is 0 Å². The van der Waals surface area contributed by atoms with Crippen LogP contribution in [0.2, 0.25) is 0 Å². The molecule has 2 rings (SSSR count). The number of hydrogen-bond donors (Lipinski definition) is 8. The number of carbonyl (C=O) groups is 8. The Kier molecular flexibility index (Phi) is 53.1. The monoisotopic (exact) mass is 1340 g/mol. The summed E-state index contributed by atoms with van der Waals surface area (Å²) in [6, 6.07) is 21.1. The first-order chi connectivity index (χ1) is 43.3. The van der Waals surface area contributed by atoms with Gasteiger partial charge in [-0.3, -0.25) is 38.4 Å². The number of rotatable bonds is 62. The van der Waals surface area contributed by atoms with Crippen LogP contribution in [0.25, 0.3) is 0 Å². The summed E-state index contributed by atoms with van der Waals surface area (Å²) in [6.45, 7) is 0. The van der Waals surface area contributed by atoms with Gasteiger partial charge in [-0.05, 0) is 176 Å². The van der Waals surface area contributed by atoms with Gasteiger partial charge in [0.25, 0.3) is 0 Å². The van der Waals surface area contributed by atoms with Crippen molar-refractivity contribution in [3.63, 3.8) is 0 Å². The standard InChI is InChI=1S/C36H61NO8P2.C32H53NO8P2/c38-33(39)22-12-1-5-16-26-46(27-17-6-2-13-23-34(40)41)30-37(32-20-10-9-11-21-32)31-47(28-18-7-3-14-24-35(42)43)29-19-8-4-15-25-36(44)45;34-29(35)18-8-2-12-22-42(23-13-3-9-19-30(36)37)26-33(28-16-6-1-7-17-28)27-43(24-14-4-10-20-31(38)39)25-15-5-11-21-32(40)41/h9-11,20-21H,1-8,12-19,22-31H2,(H,38,39)(H,40,41)(H,42,43)(H,44,45);1,6-7,16-17H,2-5,8-15,18-27H2,(H,34,35)(H,36,37)(H,38,39)(H,40,41). The lowest BCUT2D eigenvalue weighted by atomic mass is 10.1. The van der Waals surface area contributed by atoms with Crippen LogP contribution in [0.15, 0.2) is 60.7 Å². The Morgan fingerprint density at radius 1 is 0.222 bits per heavy atom. The molecule has 0 aliphatic heterocycles. The van der Waals surface area contributed by atoms with Crippen molar-refractivity contribution in [2.24, 2.45) is 0 Å². The summed E-state index contributed by atoms with van der Waals surface area (Å²) >= 11 is 0. The lowest BCUT2D eigenvalue weighted by Crippen LogP contribution is -2.26. The van der Waals surface area contributed by atoms with E-state index in [1.807, 2.05) is 6.07 Å². The molecule has 18 nitrogen and oxygen atoms in total. The van der Waals surface area contributed by atoms with E-state index in [0.717, 1.165) is 229 Å². The molecule has 0 radical (unpaired) electrons. The molecule has 0 spiro atoms. The van der Waals surface area contributed by atoms with E-state index >= 15 is 0 Å². The highest BCUT2D eigenvalue weighted by Gasteiger charge is 2.22. The summed E-state index contributed by atoms with van der Waals surface area (Å²) in [7, 11) is -1.28. The van der Waals surface area contributed by atoms with E-state index in [4.69, 9.17) is 40.9 Å². The number of para-hydroxylation sites is 2. The van der Waals surface area contributed by atoms with Crippen molar-refractivity contribution in [3.8, 4) is 0 Å². The normalized spacial score (nSPS) is 11.2. The summed E-state index contributed by atoms with van der Waals surface area (Å²) < 4.78 is 0. The van der Waals surface area contributed by atoms with Gasteiger partial charge in [0.2, 0.25) is 0 Å². The van der Waals surface area contributed by atoms with E-state index in [9.17, 15) is 38.4 Å². The molecule has 0 heterocycles. The molecule has 0 saturated heterocycles. The van der Waals surface area contributed by atoms with E-state index in [2.05, 4.69) is 64.4 Å². The molecule has 0 amide bonds. The molecule has 0 aromatic heterocycles. The fraction of sp³-hybridized carbons (Fsp3) is 0.706. The summed E-state index contributed by atoms with van der Waals surface area (Å²) in [4.78, 5) is 92.5. The molecular weight excluding hydrogens is 1220 g/mol. The van der Waals surface area contributed by atoms with Crippen molar-refractivity contribution < 1.29 is 79.2 Å². The molecule has 0 atom stereocenters. The van der Waals surface area contributed by atoms with E-state index in [-0.39, 0.29) is 83.1 Å². The van der Waals surface area contributed by atoms with Crippen LogP contribution in [-0.2, 0) is 38.4 Å². The first-order valence-electron chi connectivity index (χ1n) is 33.6. The predicted octanol–water partition coefficient (Wildman–Crippen LogP) is 17.5. The fourth-order valence-electron chi connectivity index (χ4n) is 10.7. The largest absolute Gasteiger partial charge is 0.481 e. The number of anilines is 2. The Balaban J connectivity index is 0.000000904. The van der Waals surface area contributed by atoms with Gasteiger partial charge in [-0.25, -0.2) is 0 Å². The molecule has 22 heteroatoms. The minimum atomic E-state index is -0.754. The van der Waals surface area contributed by atoms with Crippen LogP contribution in [-0.4, -0.2) is 163 Å². The highest BCUT2D eigenvalue weighted by atomic mass is 31.1. The van der Waals surface area contributed by atoms with Gasteiger partial charge in [0.1, 0.15) is 0 Å². The fourth-order valence-corrected chi connectivity index (χ4v) is 21.4. The average Bonchev–Trinajstić information content (AvgIpc) is 3.13. The van der Waals surface area contributed by atoms with E-state index in [1.54, 1.807) is 0 Å². The minimum absolute atomic E-state index is 0.201. The number of nitrogens with zero attached hydrogens (tertiary/aromatic N) is 2. The lowest BCUT2D eigenvalue weighted by molar-refractivity contribution is -0.138. The first kappa shape index (κ1) is 83.5. The maximum Gasteiger partial charge on any atom is 0.303 e. The van der Waals surface area contributed by atoms with E-state index in [0.29, 0.717) is 25.7 Å². The molecule has 0 aliphatic carbocycles. The van der Waals surface area contributed by atoms with Gasteiger partial charge in [0.15, 0.2) is 0 Å². The van der Waals surface area contributed by atoms with Crippen LogP contribution in [0.5, 0.6) is 0 Å². The van der Waals surface area contributed by atoms with E-state index < -0.39 is 47.8 Å². The lowest BCUT2D eigenvalue weighted by Gasteiger charge is -2.34. The van der Waals surface area contributed by atoms with Crippen molar-refractivity contribution in [2.45, 2.75) is 231 Å². The van der Waals surface area contributed by atoms with Gasteiger partial charge in [-0.1, -0.05) is 145 Å². The second-order valence-corrected chi connectivity index (χ2v) is 33.9. The van der Waals surface area contributed by atoms with Crippen LogP contribution >= 0.6 is 31.7 Å². The number of aliphatic carboxylic acids is 8. The smallest absolute Gasteiger partial charge is 0.303 e. The molecule has 2 aromatic rings. The third-order valence-corrected chi connectivity index (χ3v) is 26.2. The second kappa shape index (κ2) is 57.2. The van der Waals surface area contributed by atoms with Gasteiger partial charge >= 0.3 is 47.8 Å². The van der Waals surface area contributed by atoms with Crippen LogP contribution in [0.4, 0.5) is 11.4 Å². The number of benzene rings is 2. The van der Waals surface area contributed by atoms with Crippen molar-refractivity contribution in [2.75, 3.05) is 84.2 Å². The third kappa shape index (κ3) is 53.1. The number of unbranched alkanes of at least 4 members (excludes halogenated alkanes) is 20. The average molecular weight is 1340 g/mol. The van der Waals surface area contributed by atoms with Crippen LogP contribution < -0.4 is 9.80 Å². The van der Waals surface area contributed by atoms with Crippen molar-refractivity contribution in [3.05, 3.63) is 60.7 Å². The molecule has 0 unspecified atom stereocenters. The van der Waals surface area contributed by atoms with Crippen molar-refractivity contribution in [1.29, 1.82) is 0 Å². The zero-order chi connectivity index (χ0) is 66.2. The summed E-state index contributed by atoms with van der Waals surface area (Å²) in [5.74, 6) is -5.94. The Hall–Kier alpha value is -4.48. The molecule has 8 N–H and O–H groups in total. The third-order valence-electron chi connectivity index (χ3n) is 15.6. The van der Waals surface area contributed by atoms with Crippen LogP contribution in [0.1, 0.15) is 231 Å². The molecular formula is C68H114N2O16P4. The van der Waals surface area contributed by atoms with Crippen molar-refractivity contribution >= 4 is 90.8 Å². The predicted molar refractivity (Wildman–Crippen MR) is 371 cm³/mol. The summed E-state index contributed by atoms with van der Waals surface area (Å²) in [6.07, 6.45) is 40.2. The molecule has 0 fully saturated rings. The Bertz CT molecular complexity index is 1990. The van der Waals surface area contributed by atoms with Crippen molar-refractivity contribution in [1.82, 2.24) is 0 Å². The topological polar surface area (TPSA) is 305 Å². The molecule has 2 aromatic carbocycles. The Morgan fingerprint density at radius 3 is 0.522 bits per heavy atom. The highest BCUT2D eigenvalue weighted by Crippen LogP contribution is 2.47. The van der Waals surface area contributed by atoms with Crippen LogP contribution in [0, 0.1) is 0 Å². The highest BCUT2D eigenvalue weighted by molar-refractivity contribution is 7.59. The minimum Gasteiger partial charge on any atom is -0.481 e. The number of carboxylic acids is 8. The Labute approximate surface area is 543 Å². The summed E-state index contributed by atoms with van der Waals surface area (Å²) in [5, 5.41) is 71.9. The quantitative estimate of drug-likeness (QED) is 0.0225. The first-order valence-corrected chi connectivity index (χ1v) is 41.2. The maximum atomic E-state index is 10.9. The zero-order valence-corrected chi connectivity index (χ0v) is 57.8. The van der Waals surface area contributed by atoms with Gasteiger partial charge in [-0.15, -0.1) is 0 Å². The second-order valence-electron chi connectivity index (χ2n) is 23.8. The van der Waals surface area contributed by atoms with Gasteiger partial charge < -0.3 is 50.7 Å². The maximum absolute atomic E-state index is 10.9. The molecule has 0 aliphatic rings. The van der Waals surface area contributed by atoms with Gasteiger partial charge in [0, 0.05) is 87.9 Å². The number of hydrogen-bond acceptors (Lipinski definition) is 10. The zero-order valence-electron chi connectivity index (χ0n) is 54.2. The SMILES string of the molecule is O=C(O)CCCCCCP(CCCCCCC(=O)O)CN(CP(CCCCCCC(=O)O)CCCCCCC(=O)O)c1ccccc1.O=C(O)CCCCCP(CCCCCC(=O)O)CN(CP(CCCCCC(=O)O)CCCCCC(=O)O)c1ccccc1. The van der Waals surface area contributed by atoms with E-state index in [1.165, 1.54) is 11.4 Å². The Morgan fingerprint density at radius 2 is 0.367 bits per heavy atom.